The van der Waals surface area contributed by atoms with Gasteiger partial charge >= 0.3 is 0 Å². The second-order valence-electron chi connectivity index (χ2n) is 6.76. The third kappa shape index (κ3) is 6.79. The Labute approximate surface area is 180 Å². The highest BCUT2D eigenvalue weighted by Crippen LogP contribution is 2.17. The van der Waals surface area contributed by atoms with Gasteiger partial charge in [0.05, 0.1) is 13.2 Å². The molecule has 30 heavy (non-hydrogen) atoms. The van der Waals surface area contributed by atoms with Crippen molar-refractivity contribution >= 4 is 11.9 Å². The lowest BCUT2D eigenvalue weighted by atomic mass is 10.1. The van der Waals surface area contributed by atoms with E-state index in [4.69, 9.17) is 4.74 Å². The molecule has 6 nitrogen and oxygen atoms in total. The number of aliphatic imine (C=N–C) groups is 1. The number of carbonyl (C=O) groups is 1. The molecule has 0 aromatic heterocycles. The number of benzene rings is 2. The molecular formula is C24H34N4O2. The minimum atomic E-state index is 0.0676. The van der Waals surface area contributed by atoms with E-state index in [0.29, 0.717) is 38.3 Å². The zero-order valence-electron chi connectivity index (χ0n) is 18.6. The van der Waals surface area contributed by atoms with Gasteiger partial charge in [0.25, 0.3) is 5.91 Å². The number of nitrogens with zero attached hydrogens (tertiary/aromatic N) is 2. The van der Waals surface area contributed by atoms with Gasteiger partial charge in [0.15, 0.2) is 5.96 Å². The number of amides is 1. The van der Waals surface area contributed by atoms with Gasteiger partial charge in [-0.15, -0.1) is 0 Å². The summed E-state index contributed by atoms with van der Waals surface area (Å²) in [5.74, 6) is 1.70. The summed E-state index contributed by atoms with van der Waals surface area (Å²) in [6, 6.07) is 15.7. The molecule has 0 saturated heterocycles. The van der Waals surface area contributed by atoms with E-state index in [1.54, 1.807) is 0 Å². The largest absolute Gasteiger partial charge is 0.494 e. The summed E-state index contributed by atoms with van der Waals surface area (Å²) in [7, 11) is 0. The van der Waals surface area contributed by atoms with Crippen molar-refractivity contribution in [1.29, 1.82) is 0 Å². The summed E-state index contributed by atoms with van der Waals surface area (Å²) < 4.78 is 5.69. The van der Waals surface area contributed by atoms with Crippen molar-refractivity contribution in [2.45, 2.75) is 40.8 Å². The first kappa shape index (κ1) is 23.3. The molecule has 2 N–H and O–H groups in total. The van der Waals surface area contributed by atoms with Crippen LogP contribution in [0.15, 0.2) is 53.5 Å². The number of rotatable bonds is 10. The number of ether oxygens (including phenoxy) is 1. The topological polar surface area (TPSA) is 66.0 Å². The molecule has 6 heteroatoms. The van der Waals surface area contributed by atoms with Crippen LogP contribution >= 0.6 is 0 Å². The Kier molecular flexibility index (Phi) is 9.71. The van der Waals surface area contributed by atoms with Crippen molar-refractivity contribution in [2.24, 2.45) is 4.99 Å². The fourth-order valence-electron chi connectivity index (χ4n) is 3.08. The van der Waals surface area contributed by atoms with E-state index >= 15 is 0 Å². The van der Waals surface area contributed by atoms with E-state index in [0.717, 1.165) is 29.4 Å². The van der Waals surface area contributed by atoms with E-state index in [1.165, 1.54) is 0 Å². The molecule has 0 bridgehead atoms. The smallest absolute Gasteiger partial charge is 0.253 e. The first-order chi connectivity index (χ1) is 14.6. The van der Waals surface area contributed by atoms with Gasteiger partial charge in [0.2, 0.25) is 0 Å². The molecule has 0 unspecified atom stereocenters. The zero-order chi connectivity index (χ0) is 21.8. The second kappa shape index (κ2) is 12.5. The molecule has 2 rings (SSSR count). The Balaban J connectivity index is 2.01. The van der Waals surface area contributed by atoms with Crippen LogP contribution in [0, 0.1) is 0 Å². The van der Waals surface area contributed by atoms with Gasteiger partial charge in [0.1, 0.15) is 5.75 Å². The van der Waals surface area contributed by atoms with Gasteiger partial charge in [0, 0.05) is 37.3 Å². The molecule has 0 radical (unpaired) electrons. The number of carbonyl (C=O) groups excluding carboxylic acids is 1. The van der Waals surface area contributed by atoms with Crippen molar-refractivity contribution in [3.63, 3.8) is 0 Å². The predicted octanol–water partition coefficient (Wildman–Crippen LogP) is 3.82. The van der Waals surface area contributed by atoms with E-state index < -0.39 is 0 Å². The maximum absolute atomic E-state index is 12.4. The highest BCUT2D eigenvalue weighted by molar-refractivity contribution is 5.94. The van der Waals surface area contributed by atoms with Crippen LogP contribution < -0.4 is 15.4 Å². The van der Waals surface area contributed by atoms with Gasteiger partial charge in [-0.1, -0.05) is 30.3 Å². The number of para-hydroxylation sites is 1. The van der Waals surface area contributed by atoms with Crippen LogP contribution in [0.2, 0.25) is 0 Å². The number of nitrogens with one attached hydrogen (secondary N) is 2. The van der Waals surface area contributed by atoms with Crippen molar-refractivity contribution in [3.8, 4) is 5.75 Å². The molecule has 1 amide bonds. The Morgan fingerprint density at radius 2 is 1.67 bits per heavy atom. The van der Waals surface area contributed by atoms with Crippen LogP contribution in [0.4, 0.5) is 0 Å². The quantitative estimate of drug-likeness (QED) is 0.462. The molecule has 0 saturated carbocycles. The molecule has 0 atom stereocenters. The number of hydrogen-bond acceptors (Lipinski definition) is 3. The molecule has 2 aromatic rings. The second-order valence-corrected chi connectivity index (χ2v) is 6.76. The molecule has 0 aliphatic heterocycles. The number of hydrogen-bond donors (Lipinski definition) is 2. The predicted molar refractivity (Wildman–Crippen MR) is 123 cm³/mol. The Morgan fingerprint density at radius 3 is 2.30 bits per heavy atom. The van der Waals surface area contributed by atoms with Crippen LogP contribution in [0.5, 0.6) is 5.75 Å². The normalized spacial score (nSPS) is 11.1. The lowest BCUT2D eigenvalue weighted by Crippen LogP contribution is -2.36. The molecule has 162 valence electrons. The average Bonchev–Trinajstić information content (AvgIpc) is 2.78. The van der Waals surface area contributed by atoms with Crippen LogP contribution in [0.25, 0.3) is 0 Å². The summed E-state index contributed by atoms with van der Waals surface area (Å²) in [5.41, 5.74) is 2.85. The van der Waals surface area contributed by atoms with Crippen molar-refractivity contribution in [2.75, 3.05) is 26.2 Å². The van der Waals surface area contributed by atoms with Crippen molar-refractivity contribution < 1.29 is 9.53 Å². The lowest BCUT2D eigenvalue weighted by molar-refractivity contribution is 0.0773. The third-order valence-corrected chi connectivity index (χ3v) is 4.73. The zero-order valence-corrected chi connectivity index (χ0v) is 18.6. The maximum Gasteiger partial charge on any atom is 0.253 e. The first-order valence-electron chi connectivity index (χ1n) is 10.7. The Morgan fingerprint density at radius 1 is 0.967 bits per heavy atom. The molecule has 0 spiro atoms. The standard InChI is InChI=1S/C24H34N4O2/c1-5-25-24(27-18-21-11-9-10-12-22(21)30-8-4)26-17-19-13-15-20(16-14-19)23(29)28(6-2)7-3/h9-16H,5-8,17-18H2,1-4H3,(H2,25,26,27). The van der Waals surface area contributed by atoms with Crippen molar-refractivity contribution in [3.05, 3.63) is 65.2 Å². The van der Waals surface area contributed by atoms with E-state index in [-0.39, 0.29) is 5.91 Å². The van der Waals surface area contributed by atoms with Gasteiger partial charge < -0.3 is 20.3 Å². The van der Waals surface area contributed by atoms with Crippen LogP contribution in [0.3, 0.4) is 0 Å². The molecule has 2 aromatic carbocycles. The third-order valence-electron chi connectivity index (χ3n) is 4.73. The van der Waals surface area contributed by atoms with Gasteiger partial charge in [-0.25, -0.2) is 4.99 Å². The average molecular weight is 411 g/mol. The highest BCUT2D eigenvalue weighted by Gasteiger charge is 2.11. The summed E-state index contributed by atoms with van der Waals surface area (Å²) in [4.78, 5) is 18.9. The molecule has 0 aliphatic carbocycles. The Hall–Kier alpha value is -3.02. The minimum Gasteiger partial charge on any atom is -0.494 e. The van der Waals surface area contributed by atoms with E-state index in [1.807, 2.05) is 81.1 Å². The number of guanidine groups is 1. The molecular weight excluding hydrogens is 376 g/mol. The van der Waals surface area contributed by atoms with Crippen LogP contribution in [-0.4, -0.2) is 43.0 Å². The summed E-state index contributed by atoms with van der Waals surface area (Å²) in [5, 5.41) is 6.64. The summed E-state index contributed by atoms with van der Waals surface area (Å²) in [6.07, 6.45) is 0. The summed E-state index contributed by atoms with van der Waals surface area (Å²) >= 11 is 0. The fraction of sp³-hybridized carbons (Fsp3) is 0.417. The van der Waals surface area contributed by atoms with E-state index in [2.05, 4.69) is 15.6 Å². The Bertz CT molecular complexity index is 814. The first-order valence-corrected chi connectivity index (χ1v) is 10.7. The molecule has 0 fully saturated rings. The fourth-order valence-corrected chi connectivity index (χ4v) is 3.08. The van der Waals surface area contributed by atoms with Gasteiger partial charge in [-0.05, 0) is 51.5 Å². The minimum absolute atomic E-state index is 0.0676. The summed E-state index contributed by atoms with van der Waals surface area (Å²) in [6.45, 7) is 12.0. The van der Waals surface area contributed by atoms with E-state index in [9.17, 15) is 4.79 Å². The molecule has 0 heterocycles. The van der Waals surface area contributed by atoms with Gasteiger partial charge in [-0.3, -0.25) is 4.79 Å². The molecule has 0 aliphatic rings. The maximum atomic E-state index is 12.4. The SMILES string of the molecule is CCNC(=NCc1ccc(C(=O)N(CC)CC)cc1)NCc1ccccc1OCC. The van der Waals surface area contributed by atoms with Gasteiger partial charge in [-0.2, -0.15) is 0 Å². The highest BCUT2D eigenvalue weighted by atomic mass is 16.5. The lowest BCUT2D eigenvalue weighted by Gasteiger charge is -2.18. The monoisotopic (exact) mass is 410 g/mol. The van der Waals surface area contributed by atoms with Crippen molar-refractivity contribution in [1.82, 2.24) is 15.5 Å². The van der Waals surface area contributed by atoms with Crippen LogP contribution in [0.1, 0.15) is 49.2 Å². The van der Waals surface area contributed by atoms with Crippen LogP contribution in [-0.2, 0) is 13.1 Å².